The van der Waals surface area contributed by atoms with E-state index in [0.29, 0.717) is 12.8 Å². The number of hydrogen-bond donors (Lipinski definition) is 1. The predicted octanol–water partition coefficient (Wildman–Crippen LogP) is 2.14. The number of β-amino-alcohol motifs (C(OH)–C–C–N with tert-alkyl or cyclic N) is 1. The molecule has 0 aliphatic carbocycles. The lowest BCUT2D eigenvalue weighted by Crippen LogP contribution is -2.45. The molecule has 3 atom stereocenters. The lowest BCUT2D eigenvalue weighted by Gasteiger charge is -2.29. The lowest BCUT2D eigenvalue weighted by atomic mass is 10.0. The van der Waals surface area contributed by atoms with Crippen molar-refractivity contribution in [3.05, 3.63) is 23.7 Å². The Morgan fingerprint density at radius 3 is 2.81 bits per heavy atom. The van der Waals surface area contributed by atoms with Gasteiger partial charge in [-0.2, -0.15) is 0 Å². The summed E-state index contributed by atoms with van der Waals surface area (Å²) in [7, 11) is 0. The second-order valence-electron chi connectivity index (χ2n) is 6.97. The summed E-state index contributed by atoms with van der Waals surface area (Å²) in [5.41, 5.74) is 0.723. The van der Waals surface area contributed by atoms with Crippen molar-refractivity contribution in [1.82, 2.24) is 19.9 Å². The zero-order chi connectivity index (χ0) is 18.8. The standard InChI is InChI=1S/C18H24N4O3S/c1-4-15(24)14-8-12(23)9-21(14)18(25)17(11(2)3)22-10-13(19-20-22)16-6-5-7-26-16/h5-7,10-12,14,17,23H,4,8-9H2,1-3H3/t12-,14+,17+/m1/s1. The van der Waals surface area contributed by atoms with Crippen LogP contribution in [0.1, 0.15) is 39.7 Å². The SMILES string of the molecule is CCC(=O)[C@@H]1C[C@@H](O)CN1C(=O)[C@H](C(C)C)n1cc(-c2cccs2)nn1. The van der Waals surface area contributed by atoms with Crippen LogP contribution in [0.15, 0.2) is 23.7 Å². The molecule has 1 N–H and O–H groups in total. The number of aromatic nitrogens is 3. The molecule has 2 aromatic rings. The summed E-state index contributed by atoms with van der Waals surface area (Å²) < 4.78 is 1.58. The normalized spacial score (nSPS) is 21.3. The number of aliphatic hydroxyl groups excluding tert-OH is 1. The van der Waals surface area contributed by atoms with Crippen molar-refractivity contribution in [2.45, 2.75) is 51.8 Å². The summed E-state index contributed by atoms with van der Waals surface area (Å²) in [6.45, 7) is 5.85. The molecule has 140 valence electrons. The molecule has 1 fully saturated rings. The van der Waals surface area contributed by atoms with Crippen molar-refractivity contribution in [3.8, 4) is 10.6 Å². The third-order valence-electron chi connectivity index (χ3n) is 4.74. The molecule has 2 aromatic heterocycles. The maximum Gasteiger partial charge on any atom is 0.248 e. The van der Waals surface area contributed by atoms with Crippen molar-refractivity contribution in [1.29, 1.82) is 0 Å². The Morgan fingerprint density at radius 1 is 1.42 bits per heavy atom. The van der Waals surface area contributed by atoms with Crippen LogP contribution in [-0.2, 0) is 9.59 Å². The minimum atomic E-state index is -0.662. The van der Waals surface area contributed by atoms with Crippen molar-refractivity contribution in [2.75, 3.05) is 6.54 Å². The van der Waals surface area contributed by atoms with Crippen LogP contribution in [0.5, 0.6) is 0 Å². The number of ketones is 1. The van der Waals surface area contributed by atoms with Gasteiger partial charge in [-0.3, -0.25) is 9.59 Å². The third-order valence-corrected chi connectivity index (χ3v) is 5.63. The smallest absolute Gasteiger partial charge is 0.248 e. The molecule has 1 amide bonds. The van der Waals surface area contributed by atoms with E-state index in [4.69, 9.17) is 0 Å². The molecule has 3 rings (SSSR count). The number of carbonyl (C=O) groups excluding carboxylic acids is 2. The van der Waals surface area contributed by atoms with Crippen LogP contribution in [0.4, 0.5) is 0 Å². The average Bonchev–Trinajstić information content (AvgIpc) is 3.33. The van der Waals surface area contributed by atoms with Gasteiger partial charge in [-0.05, 0) is 17.4 Å². The van der Waals surface area contributed by atoms with E-state index in [-0.39, 0.29) is 24.2 Å². The molecule has 1 aliphatic rings. The minimum Gasteiger partial charge on any atom is -0.391 e. The molecule has 0 bridgehead atoms. The fourth-order valence-electron chi connectivity index (χ4n) is 3.42. The molecule has 7 nitrogen and oxygen atoms in total. The fourth-order valence-corrected chi connectivity index (χ4v) is 4.10. The zero-order valence-corrected chi connectivity index (χ0v) is 16.0. The van der Waals surface area contributed by atoms with Gasteiger partial charge < -0.3 is 10.0 Å². The van der Waals surface area contributed by atoms with Gasteiger partial charge in [-0.15, -0.1) is 16.4 Å². The highest BCUT2D eigenvalue weighted by Crippen LogP contribution is 2.29. The Hall–Kier alpha value is -2.06. The van der Waals surface area contributed by atoms with Gasteiger partial charge in [-0.25, -0.2) is 4.68 Å². The summed E-state index contributed by atoms with van der Waals surface area (Å²) in [6, 6.07) is 2.78. The molecule has 1 saturated heterocycles. The highest BCUT2D eigenvalue weighted by molar-refractivity contribution is 7.13. The molecule has 26 heavy (non-hydrogen) atoms. The van der Waals surface area contributed by atoms with E-state index in [1.54, 1.807) is 29.1 Å². The molecule has 8 heteroatoms. The molecule has 0 spiro atoms. The van der Waals surface area contributed by atoms with Crippen LogP contribution in [0, 0.1) is 5.92 Å². The van der Waals surface area contributed by atoms with E-state index < -0.39 is 18.2 Å². The first-order valence-corrected chi connectivity index (χ1v) is 9.77. The first kappa shape index (κ1) is 18.7. The molecule has 1 aliphatic heterocycles. The van der Waals surface area contributed by atoms with Gasteiger partial charge in [0.15, 0.2) is 5.78 Å². The number of thiophene rings is 1. The third kappa shape index (κ3) is 3.57. The molecule has 0 radical (unpaired) electrons. The van der Waals surface area contributed by atoms with E-state index >= 15 is 0 Å². The number of hydrogen-bond acceptors (Lipinski definition) is 6. The first-order valence-electron chi connectivity index (χ1n) is 8.89. The quantitative estimate of drug-likeness (QED) is 0.834. The van der Waals surface area contributed by atoms with Gasteiger partial charge >= 0.3 is 0 Å². The fraction of sp³-hybridized carbons (Fsp3) is 0.556. The summed E-state index contributed by atoms with van der Waals surface area (Å²) in [4.78, 5) is 28.0. The summed E-state index contributed by atoms with van der Waals surface area (Å²) in [6.07, 6.45) is 1.77. The van der Waals surface area contributed by atoms with Gasteiger partial charge in [-0.1, -0.05) is 32.1 Å². The zero-order valence-electron chi connectivity index (χ0n) is 15.2. The van der Waals surface area contributed by atoms with Crippen LogP contribution < -0.4 is 0 Å². The molecular weight excluding hydrogens is 352 g/mol. The van der Waals surface area contributed by atoms with Crippen molar-refractivity contribution >= 4 is 23.0 Å². The summed E-state index contributed by atoms with van der Waals surface area (Å²) in [5, 5.41) is 20.3. The Morgan fingerprint density at radius 2 is 2.19 bits per heavy atom. The number of aliphatic hydroxyl groups is 1. The van der Waals surface area contributed by atoms with Crippen molar-refractivity contribution < 1.29 is 14.7 Å². The van der Waals surface area contributed by atoms with Gasteiger partial charge in [0, 0.05) is 19.4 Å². The first-order chi connectivity index (χ1) is 12.4. The topological polar surface area (TPSA) is 88.3 Å². The Labute approximate surface area is 156 Å². The van der Waals surface area contributed by atoms with Crippen molar-refractivity contribution in [2.24, 2.45) is 5.92 Å². The van der Waals surface area contributed by atoms with E-state index in [1.807, 2.05) is 31.4 Å². The Balaban J connectivity index is 1.88. The second kappa shape index (κ2) is 7.67. The van der Waals surface area contributed by atoms with Crippen LogP contribution in [0.2, 0.25) is 0 Å². The minimum absolute atomic E-state index is 0.0183. The molecule has 0 unspecified atom stereocenters. The lowest BCUT2D eigenvalue weighted by molar-refractivity contribution is -0.141. The van der Waals surface area contributed by atoms with Crippen molar-refractivity contribution in [3.63, 3.8) is 0 Å². The predicted molar refractivity (Wildman–Crippen MR) is 98.6 cm³/mol. The van der Waals surface area contributed by atoms with E-state index in [0.717, 1.165) is 10.6 Å². The van der Waals surface area contributed by atoms with Crippen LogP contribution >= 0.6 is 11.3 Å². The van der Waals surface area contributed by atoms with Gasteiger partial charge in [0.1, 0.15) is 11.7 Å². The second-order valence-corrected chi connectivity index (χ2v) is 7.91. The highest BCUT2D eigenvalue weighted by Gasteiger charge is 2.41. The number of rotatable bonds is 6. The molecule has 0 saturated carbocycles. The van der Waals surface area contributed by atoms with Crippen LogP contribution in [0.3, 0.4) is 0 Å². The maximum atomic E-state index is 13.2. The van der Waals surface area contributed by atoms with E-state index in [9.17, 15) is 14.7 Å². The molecule has 0 aromatic carbocycles. The van der Waals surface area contributed by atoms with Crippen LogP contribution in [0.25, 0.3) is 10.6 Å². The molecular formula is C18H24N4O3S. The number of Topliss-reactive ketones (excluding diaryl/α,β-unsaturated/α-hetero) is 1. The van der Waals surface area contributed by atoms with E-state index in [1.165, 1.54) is 4.90 Å². The molecule has 3 heterocycles. The Kier molecular flexibility index (Phi) is 5.52. The van der Waals surface area contributed by atoms with Gasteiger partial charge in [0.25, 0.3) is 0 Å². The monoisotopic (exact) mass is 376 g/mol. The maximum absolute atomic E-state index is 13.2. The average molecular weight is 376 g/mol. The summed E-state index contributed by atoms with van der Waals surface area (Å²) in [5.74, 6) is -0.239. The number of nitrogens with zero attached hydrogens (tertiary/aromatic N) is 4. The number of amides is 1. The highest BCUT2D eigenvalue weighted by atomic mass is 32.1. The number of likely N-dealkylation sites (tertiary alicyclic amines) is 1. The van der Waals surface area contributed by atoms with Crippen LogP contribution in [-0.4, -0.2) is 55.4 Å². The van der Waals surface area contributed by atoms with E-state index in [2.05, 4.69) is 10.3 Å². The van der Waals surface area contributed by atoms with Gasteiger partial charge in [0.05, 0.1) is 23.2 Å². The van der Waals surface area contributed by atoms with Gasteiger partial charge in [0.2, 0.25) is 5.91 Å². The summed E-state index contributed by atoms with van der Waals surface area (Å²) >= 11 is 1.56. The number of carbonyl (C=O) groups is 2. The largest absolute Gasteiger partial charge is 0.391 e. The Bertz CT molecular complexity index is 771.